The Kier molecular flexibility index (Phi) is 4.49. The van der Waals surface area contributed by atoms with Gasteiger partial charge in [-0.1, -0.05) is 6.07 Å². The highest BCUT2D eigenvalue weighted by atomic mass is 16.2. The van der Waals surface area contributed by atoms with E-state index in [1.165, 1.54) is 6.92 Å². The van der Waals surface area contributed by atoms with Crippen LogP contribution in [0.1, 0.15) is 31.9 Å². The molecule has 5 heteroatoms. The Morgan fingerprint density at radius 3 is 2.79 bits per heavy atom. The van der Waals surface area contributed by atoms with Gasteiger partial charge in [0, 0.05) is 32.1 Å². The van der Waals surface area contributed by atoms with E-state index in [-0.39, 0.29) is 11.8 Å². The van der Waals surface area contributed by atoms with Gasteiger partial charge in [0.05, 0.1) is 12.2 Å². The first-order valence-electron chi connectivity index (χ1n) is 6.60. The zero-order valence-electron chi connectivity index (χ0n) is 11.1. The lowest BCUT2D eigenvalue weighted by Crippen LogP contribution is -2.34. The van der Waals surface area contributed by atoms with Crippen LogP contribution >= 0.6 is 0 Å². The first kappa shape index (κ1) is 13.5. The van der Waals surface area contributed by atoms with Gasteiger partial charge in [0.25, 0.3) is 0 Å². The third-order valence-electron chi connectivity index (χ3n) is 3.08. The summed E-state index contributed by atoms with van der Waals surface area (Å²) < 4.78 is 0. The zero-order chi connectivity index (χ0) is 13.7. The third-order valence-corrected chi connectivity index (χ3v) is 3.08. The van der Waals surface area contributed by atoms with E-state index in [1.54, 1.807) is 11.1 Å². The molecule has 1 saturated carbocycles. The maximum Gasteiger partial charge on any atom is 0.221 e. The lowest BCUT2D eigenvalue weighted by Gasteiger charge is -2.20. The standard InChI is InChI=1S/C14H19N3O2/c1-11(18)17(10-13-4-2-3-8-15-13)9-7-14(19)16-12-5-6-12/h2-4,8,12H,5-7,9-10H2,1H3,(H,16,19). The van der Waals surface area contributed by atoms with Crippen LogP contribution in [0, 0.1) is 0 Å². The molecule has 1 aliphatic rings. The minimum atomic E-state index is -0.0372. The van der Waals surface area contributed by atoms with Gasteiger partial charge in [0.2, 0.25) is 11.8 Å². The molecule has 1 N–H and O–H groups in total. The summed E-state index contributed by atoms with van der Waals surface area (Å²) in [6.07, 6.45) is 4.21. The number of hydrogen-bond acceptors (Lipinski definition) is 3. The molecule has 0 aliphatic heterocycles. The van der Waals surface area contributed by atoms with E-state index in [4.69, 9.17) is 0 Å². The Balaban J connectivity index is 1.82. The van der Waals surface area contributed by atoms with Crippen molar-refractivity contribution in [3.63, 3.8) is 0 Å². The number of pyridine rings is 1. The van der Waals surface area contributed by atoms with Crippen molar-refractivity contribution in [1.29, 1.82) is 0 Å². The quantitative estimate of drug-likeness (QED) is 0.834. The summed E-state index contributed by atoms with van der Waals surface area (Å²) in [6.45, 7) is 2.40. The molecule has 0 radical (unpaired) electrons. The Hall–Kier alpha value is -1.91. The van der Waals surface area contributed by atoms with Gasteiger partial charge in [-0.3, -0.25) is 14.6 Å². The molecule has 2 rings (SSSR count). The lowest BCUT2D eigenvalue weighted by atomic mass is 10.3. The Labute approximate surface area is 113 Å². The average Bonchev–Trinajstić information content (AvgIpc) is 3.19. The van der Waals surface area contributed by atoms with Crippen molar-refractivity contribution in [2.75, 3.05) is 6.54 Å². The normalized spacial score (nSPS) is 13.9. The minimum absolute atomic E-state index is 0.0229. The van der Waals surface area contributed by atoms with Crippen molar-refractivity contribution in [2.24, 2.45) is 0 Å². The number of rotatable bonds is 6. The van der Waals surface area contributed by atoms with E-state index >= 15 is 0 Å². The summed E-state index contributed by atoms with van der Waals surface area (Å²) in [6, 6.07) is 5.97. The van der Waals surface area contributed by atoms with Crippen molar-refractivity contribution >= 4 is 11.8 Å². The smallest absolute Gasteiger partial charge is 0.221 e. The molecule has 1 heterocycles. The molecule has 1 aromatic rings. The lowest BCUT2D eigenvalue weighted by molar-refractivity contribution is -0.130. The molecule has 0 saturated heterocycles. The Morgan fingerprint density at radius 1 is 1.42 bits per heavy atom. The van der Waals surface area contributed by atoms with Crippen LogP contribution in [0.5, 0.6) is 0 Å². The van der Waals surface area contributed by atoms with E-state index in [1.807, 2.05) is 18.2 Å². The molecule has 0 unspecified atom stereocenters. The highest BCUT2D eigenvalue weighted by Gasteiger charge is 2.23. The summed E-state index contributed by atoms with van der Waals surface area (Å²) in [5.41, 5.74) is 0.834. The SMILES string of the molecule is CC(=O)N(CCC(=O)NC1CC1)Cc1ccccn1. The van der Waals surface area contributed by atoms with Crippen LogP contribution < -0.4 is 5.32 Å². The molecule has 1 aliphatic carbocycles. The molecule has 1 fully saturated rings. The fourth-order valence-corrected chi connectivity index (χ4v) is 1.80. The highest BCUT2D eigenvalue weighted by Crippen LogP contribution is 2.18. The van der Waals surface area contributed by atoms with Gasteiger partial charge in [-0.2, -0.15) is 0 Å². The van der Waals surface area contributed by atoms with Crippen molar-refractivity contribution < 1.29 is 9.59 Å². The number of amides is 2. The molecular formula is C14H19N3O2. The van der Waals surface area contributed by atoms with Gasteiger partial charge in [-0.25, -0.2) is 0 Å². The summed E-state index contributed by atoms with van der Waals surface area (Å²) >= 11 is 0. The minimum Gasteiger partial charge on any atom is -0.353 e. The van der Waals surface area contributed by atoms with Gasteiger partial charge in [0.15, 0.2) is 0 Å². The number of carbonyl (C=O) groups is 2. The molecule has 1 aromatic heterocycles. The third kappa shape index (κ3) is 4.69. The molecule has 19 heavy (non-hydrogen) atoms. The van der Waals surface area contributed by atoms with Crippen LogP contribution in [-0.4, -0.2) is 34.3 Å². The van der Waals surface area contributed by atoms with E-state index in [2.05, 4.69) is 10.3 Å². The summed E-state index contributed by atoms with van der Waals surface area (Å²) in [5, 5.41) is 2.92. The van der Waals surface area contributed by atoms with Gasteiger partial charge in [0.1, 0.15) is 0 Å². The summed E-state index contributed by atoms with van der Waals surface area (Å²) in [7, 11) is 0. The summed E-state index contributed by atoms with van der Waals surface area (Å²) in [5.74, 6) is -0.0142. The van der Waals surface area contributed by atoms with Crippen LogP contribution in [-0.2, 0) is 16.1 Å². The predicted molar refractivity (Wildman–Crippen MR) is 71.1 cm³/mol. The van der Waals surface area contributed by atoms with Crippen LogP contribution in [0.15, 0.2) is 24.4 Å². The fourth-order valence-electron chi connectivity index (χ4n) is 1.80. The van der Waals surface area contributed by atoms with Gasteiger partial charge >= 0.3 is 0 Å². The molecule has 102 valence electrons. The second-order valence-electron chi connectivity index (χ2n) is 4.85. The molecule has 0 aromatic carbocycles. The number of nitrogens with zero attached hydrogens (tertiary/aromatic N) is 2. The fraction of sp³-hybridized carbons (Fsp3) is 0.500. The van der Waals surface area contributed by atoms with E-state index in [9.17, 15) is 9.59 Å². The van der Waals surface area contributed by atoms with Crippen LogP contribution in [0.25, 0.3) is 0 Å². The van der Waals surface area contributed by atoms with Gasteiger partial charge in [-0.15, -0.1) is 0 Å². The number of carbonyl (C=O) groups excluding carboxylic acids is 2. The molecule has 0 bridgehead atoms. The number of nitrogens with one attached hydrogen (secondary N) is 1. The molecular weight excluding hydrogens is 242 g/mol. The monoisotopic (exact) mass is 261 g/mol. The van der Waals surface area contributed by atoms with Crippen molar-refractivity contribution in [1.82, 2.24) is 15.2 Å². The summed E-state index contributed by atoms with van der Waals surface area (Å²) in [4.78, 5) is 29.0. The van der Waals surface area contributed by atoms with Gasteiger partial charge in [-0.05, 0) is 25.0 Å². The average molecular weight is 261 g/mol. The number of aromatic nitrogens is 1. The highest BCUT2D eigenvalue weighted by molar-refractivity contribution is 5.78. The molecule has 5 nitrogen and oxygen atoms in total. The van der Waals surface area contributed by atoms with Crippen molar-refractivity contribution in [3.8, 4) is 0 Å². The zero-order valence-corrected chi connectivity index (χ0v) is 11.1. The van der Waals surface area contributed by atoms with Crippen molar-refractivity contribution in [2.45, 2.75) is 38.8 Å². The maximum atomic E-state index is 11.6. The second-order valence-corrected chi connectivity index (χ2v) is 4.85. The maximum absolute atomic E-state index is 11.6. The second kappa shape index (κ2) is 6.31. The van der Waals surface area contributed by atoms with Crippen molar-refractivity contribution in [3.05, 3.63) is 30.1 Å². The van der Waals surface area contributed by atoms with E-state index in [0.717, 1.165) is 18.5 Å². The Morgan fingerprint density at radius 2 is 2.21 bits per heavy atom. The number of hydrogen-bond donors (Lipinski definition) is 1. The van der Waals surface area contributed by atoms with Crippen LogP contribution in [0.2, 0.25) is 0 Å². The van der Waals surface area contributed by atoms with Crippen LogP contribution in [0.4, 0.5) is 0 Å². The molecule has 0 spiro atoms. The van der Waals surface area contributed by atoms with Gasteiger partial charge < -0.3 is 10.2 Å². The van der Waals surface area contributed by atoms with E-state index in [0.29, 0.717) is 25.6 Å². The first-order chi connectivity index (χ1) is 9.15. The first-order valence-corrected chi connectivity index (χ1v) is 6.60. The largest absolute Gasteiger partial charge is 0.353 e. The van der Waals surface area contributed by atoms with E-state index < -0.39 is 0 Å². The predicted octanol–water partition coefficient (Wildman–Crippen LogP) is 1.10. The topological polar surface area (TPSA) is 62.3 Å². The van der Waals surface area contributed by atoms with Crippen LogP contribution in [0.3, 0.4) is 0 Å². The molecule has 2 amide bonds. The molecule has 0 atom stereocenters. The Bertz CT molecular complexity index is 443.